The fourth-order valence-corrected chi connectivity index (χ4v) is 2.70. The summed E-state index contributed by atoms with van der Waals surface area (Å²) in [4.78, 5) is 23.4. The molecule has 1 fully saturated rings. The number of carboxylic acid groups (broad SMARTS) is 1. The molecule has 4 heteroatoms. The molecule has 1 atom stereocenters. The molecular formula is C17H17NO3. The molecule has 1 aliphatic carbocycles. The Bertz CT molecular complexity index is 714. The summed E-state index contributed by atoms with van der Waals surface area (Å²) in [7, 11) is 0. The third kappa shape index (κ3) is 2.27. The van der Waals surface area contributed by atoms with Gasteiger partial charge in [-0.3, -0.25) is 9.59 Å². The molecule has 1 saturated carbocycles. The predicted molar refractivity (Wildman–Crippen MR) is 79.8 cm³/mol. The number of hydrogen-bond donors (Lipinski definition) is 2. The summed E-state index contributed by atoms with van der Waals surface area (Å²) in [6.07, 6.45) is 0.854. The third-order valence-corrected chi connectivity index (χ3v) is 4.23. The van der Waals surface area contributed by atoms with E-state index in [0.29, 0.717) is 12.8 Å². The van der Waals surface area contributed by atoms with Gasteiger partial charge in [0.15, 0.2) is 0 Å². The van der Waals surface area contributed by atoms with Gasteiger partial charge in [0.1, 0.15) is 5.41 Å². The molecule has 0 bridgehead atoms. The van der Waals surface area contributed by atoms with Crippen LogP contribution in [0.25, 0.3) is 10.8 Å². The SMILES string of the molecule is CC(NC(=O)C1(C(=O)O)CC1)c1cccc2ccccc12. The maximum absolute atomic E-state index is 12.2. The van der Waals surface area contributed by atoms with Crippen LogP contribution in [0.3, 0.4) is 0 Å². The van der Waals surface area contributed by atoms with Gasteiger partial charge >= 0.3 is 5.97 Å². The Kier molecular flexibility index (Phi) is 3.16. The van der Waals surface area contributed by atoms with Crippen molar-refractivity contribution in [2.24, 2.45) is 5.41 Å². The highest BCUT2D eigenvalue weighted by Gasteiger charge is 2.57. The van der Waals surface area contributed by atoms with Gasteiger partial charge in [-0.05, 0) is 36.1 Å². The molecule has 3 rings (SSSR count). The van der Waals surface area contributed by atoms with Gasteiger partial charge in [-0.1, -0.05) is 42.5 Å². The summed E-state index contributed by atoms with van der Waals surface area (Å²) in [5.41, 5.74) is -0.193. The van der Waals surface area contributed by atoms with Crippen molar-refractivity contribution in [3.63, 3.8) is 0 Å². The van der Waals surface area contributed by atoms with Crippen LogP contribution in [0.4, 0.5) is 0 Å². The van der Waals surface area contributed by atoms with Crippen LogP contribution in [0.5, 0.6) is 0 Å². The van der Waals surface area contributed by atoms with E-state index in [0.717, 1.165) is 16.3 Å². The Hall–Kier alpha value is -2.36. The van der Waals surface area contributed by atoms with Crippen molar-refractivity contribution in [1.82, 2.24) is 5.32 Å². The Morgan fingerprint density at radius 3 is 2.48 bits per heavy atom. The number of carbonyl (C=O) groups excluding carboxylic acids is 1. The average Bonchev–Trinajstić information content (AvgIpc) is 3.28. The first-order valence-electron chi connectivity index (χ1n) is 7.07. The summed E-state index contributed by atoms with van der Waals surface area (Å²) in [6.45, 7) is 1.89. The van der Waals surface area contributed by atoms with Gasteiger partial charge in [0, 0.05) is 0 Å². The number of benzene rings is 2. The molecule has 2 aromatic carbocycles. The van der Waals surface area contributed by atoms with Gasteiger partial charge in [0.05, 0.1) is 6.04 Å². The molecule has 0 radical (unpaired) electrons. The highest BCUT2D eigenvalue weighted by molar-refractivity contribution is 6.05. The average molecular weight is 283 g/mol. The zero-order chi connectivity index (χ0) is 15.0. The minimum atomic E-state index is -1.20. The van der Waals surface area contributed by atoms with E-state index in [9.17, 15) is 9.59 Å². The Labute approximate surface area is 122 Å². The number of nitrogens with one attached hydrogen (secondary N) is 1. The second-order valence-electron chi connectivity index (χ2n) is 5.65. The van der Waals surface area contributed by atoms with Crippen molar-refractivity contribution in [3.8, 4) is 0 Å². The molecule has 0 spiro atoms. The van der Waals surface area contributed by atoms with Crippen LogP contribution in [0.2, 0.25) is 0 Å². The fourth-order valence-electron chi connectivity index (χ4n) is 2.70. The minimum Gasteiger partial charge on any atom is -0.480 e. The predicted octanol–water partition coefficient (Wildman–Crippen LogP) is 2.88. The highest BCUT2D eigenvalue weighted by Crippen LogP contribution is 2.46. The van der Waals surface area contributed by atoms with Crippen LogP contribution in [0, 0.1) is 5.41 Å². The molecule has 2 N–H and O–H groups in total. The smallest absolute Gasteiger partial charge is 0.319 e. The molecule has 1 aliphatic rings. The lowest BCUT2D eigenvalue weighted by Gasteiger charge is -2.19. The zero-order valence-electron chi connectivity index (χ0n) is 11.8. The number of hydrogen-bond acceptors (Lipinski definition) is 2. The first kappa shape index (κ1) is 13.6. The molecule has 108 valence electrons. The second kappa shape index (κ2) is 4.88. The molecule has 21 heavy (non-hydrogen) atoms. The van der Waals surface area contributed by atoms with E-state index < -0.39 is 11.4 Å². The standard InChI is InChI=1S/C17H17NO3/c1-11(18-15(19)17(9-10-17)16(20)21)13-8-4-6-12-5-2-3-7-14(12)13/h2-8,11H,9-10H2,1H3,(H,18,19)(H,20,21). The molecule has 0 heterocycles. The van der Waals surface area contributed by atoms with E-state index in [1.165, 1.54) is 0 Å². The Balaban J connectivity index is 1.86. The van der Waals surface area contributed by atoms with Crippen molar-refractivity contribution < 1.29 is 14.7 Å². The van der Waals surface area contributed by atoms with Crippen LogP contribution in [-0.2, 0) is 9.59 Å². The van der Waals surface area contributed by atoms with Gasteiger partial charge in [-0.2, -0.15) is 0 Å². The fraction of sp³-hybridized carbons (Fsp3) is 0.294. The van der Waals surface area contributed by atoms with Crippen molar-refractivity contribution in [2.45, 2.75) is 25.8 Å². The largest absolute Gasteiger partial charge is 0.480 e. The molecule has 4 nitrogen and oxygen atoms in total. The Morgan fingerprint density at radius 1 is 1.14 bits per heavy atom. The van der Waals surface area contributed by atoms with Crippen LogP contribution in [0.1, 0.15) is 31.4 Å². The van der Waals surface area contributed by atoms with Crippen LogP contribution < -0.4 is 5.32 Å². The van der Waals surface area contributed by atoms with Crippen LogP contribution >= 0.6 is 0 Å². The number of amides is 1. The van der Waals surface area contributed by atoms with E-state index in [-0.39, 0.29) is 11.9 Å². The minimum absolute atomic E-state index is 0.222. The number of fused-ring (bicyclic) bond motifs is 1. The molecule has 2 aromatic rings. The first-order valence-corrected chi connectivity index (χ1v) is 7.07. The molecule has 0 aromatic heterocycles. The first-order chi connectivity index (χ1) is 10.0. The summed E-state index contributed by atoms with van der Waals surface area (Å²) < 4.78 is 0. The molecular weight excluding hydrogens is 266 g/mol. The third-order valence-electron chi connectivity index (χ3n) is 4.23. The van der Waals surface area contributed by atoms with Crippen molar-refractivity contribution in [3.05, 3.63) is 48.0 Å². The number of rotatable bonds is 4. The van der Waals surface area contributed by atoms with Crippen molar-refractivity contribution in [1.29, 1.82) is 0 Å². The van der Waals surface area contributed by atoms with Gasteiger partial charge in [-0.15, -0.1) is 0 Å². The van der Waals surface area contributed by atoms with Gasteiger partial charge in [0.2, 0.25) is 5.91 Å². The number of aliphatic carboxylic acids is 1. The van der Waals surface area contributed by atoms with Crippen molar-refractivity contribution >= 4 is 22.6 Å². The summed E-state index contributed by atoms with van der Waals surface area (Å²) in [5.74, 6) is -1.40. The maximum Gasteiger partial charge on any atom is 0.319 e. The maximum atomic E-state index is 12.2. The lowest BCUT2D eigenvalue weighted by atomic mass is 9.98. The van der Waals surface area contributed by atoms with E-state index in [1.807, 2.05) is 49.4 Å². The zero-order valence-corrected chi connectivity index (χ0v) is 11.8. The lowest BCUT2D eigenvalue weighted by molar-refractivity contribution is -0.149. The lowest BCUT2D eigenvalue weighted by Crippen LogP contribution is -2.38. The second-order valence-corrected chi connectivity index (χ2v) is 5.65. The monoisotopic (exact) mass is 283 g/mol. The normalized spacial score (nSPS) is 17.2. The van der Waals surface area contributed by atoms with Crippen LogP contribution in [-0.4, -0.2) is 17.0 Å². The Morgan fingerprint density at radius 2 is 1.81 bits per heavy atom. The molecule has 0 aliphatic heterocycles. The molecule has 1 amide bonds. The highest BCUT2D eigenvalue weighted by atomic mass is 16.4. The van der Waals surface area contributed by atoms with Gasteiger partial charge in [0.25, 0.3) is 0 Å². The van der Waals surface area contributed by atoms with E-state index >= 15 is 0 Å². The van der Waals surface area contributed by atoms with Gasteiger partial charge in [-0.25, -0.2) is 0 Å². The molecule has 1 unspecified atom stereocenters. The van der Waals surface area contributed by atoms with E-state index in [1.54, 1.807) is 0 Å². The van der Waals surface area contributed by atoms with E-state index in [4.69, 9.17) is 5.11 Å². The van der Waals surface area contributed by atoms with E-state index in [2.05, 4.69) is 5.32 Å². The topological polar surface area (TPSA) is 66.4 Å². The summed E-state index contributed by atoms with van der Waals surface area (Å²) in [6, 6.07) is 13.7. The van der Waals surface area contributed by atoms with Gasteiger partial charge < -0.3 is 10.4 Å². The quantitative estimate of drug-likeness (QED) is 0.848. The number of carboxylic acids is 1. The van der Waals surface area contributed by atoms with Crippen molar-refractivity contribution in [2.75, 3.05) is 0 Å². The number of carbonyl (C=O) groups is 2. The summed E-state index contributed by atoms with van der Waals surface area (Å²) >= 11 is 0. The van der Waals surface area contributed by atoms with Crippen LogP contribution in [0.15, 0.2) is 42.5 Å². The molecule has 0 saturated heterocycles. The summed E-state index contributed by atoms with van der Waals surface area (Å²) in [5, 5.41) is 14.2.